The van der Waals surface area contributed by atoms with Crippen LogP contribution in [0.3, 0.4) is 0 Å². The Kier molecular flexibility index (Phi) is 8.46. The number of para-hydroxylation sites is 2. The van der Waals surface area contributed by atoms with Gasteiger partial charge in [0.1, 0.15) is 22.3 Å². The van der Waals surface area contributed by atoms with E-state index in [-0.39, 0.29) is 0 Å². The second kappa shape index (κ2) is 14.7. The van der Waals surface area contributed by atoms with Crippen molar-refractivity contribution in [2.24, 2.45) is 0 Å². The molecule has 290 valence electrons. The number of rotatable bonds is 7. The summed E-state index contributed by atoms with van der Waals surface area (Å²) in [6, 6.07) is 76.2. The van der Waals surface area contributed by atoms with E-state index in [2.05, 4.69) is 170 Å². The van der Waals surface area contributed by atoms with Crippen molar-refractivity contribution < 1.29 is 8.83 Å². The predicted molar refractivity (Wildman–Crippen MR) is 255 cm³/mol. The van der Waals surface area contributed by atoms with Crippen molar-refractivity contribution in [2.75, 3.05) is 0 Å². The van der Waals surface area contributed by atoms with E-state index in [1.165, 1.54) is 11.1 Å². The molecule has 0 aliphatic rings. The summed E-state index contributed by atoms with van der Waals surface area (Å²) in [4.78, 5) is 10.3. The molecule has 0 unspecified atom stereocenters. The van der Waals surface area contributed by atoms with Gasteiger partial charge in [0.2, 0.25) is 0 Å². The molecule has 0 spiro atoms. The van der Waals surface area contributed by atoms with Crippen LogP contribution in [0.2, 0.25) is 0 Å². The van der Waals surface area contributed by atoms with Gasteiger partial charge in [0.25, 0.3) is 0 Å². The molecule has 0 aliphatic heterocycles. The lowest BCUT2D eigenvalue weighted by atomic mass is 9.93. The number of hydrogen-bond acceptors (Lipinski definition) is 4. The molecule has 0 N–H and O–H groups in total. The smallest absolute Gasteiger partial charge is 0.160 e. The van der Waals surface area contributed by atoms with Crippen molar-refractivity contribution in [2.45, 2.75) is 0 Å². The zero-order valence-corrected chi connectivity index (χ0v) is 33.5. The highest BCUT2D eigenvalue weighted by atomic mass is 16.3. The molecule has 0 radical (unpaired) electrons. The maximum Gasteiger partial charge on any atom is 0.160 e. The van der Waals surface area contributed by atoms with Crippen molar-refractivity contribution in [3.05, 3.63) is 218 Å². The third-order valence-corrected chi connectivity index (χ3v) is 12.0. The highest BCUT2D eigenvalue weighted by Gasteiger charge is 2.19. The minimum absolute atomic E-state index is 0.678. The minimum Gasteiger partial charge on any atom is -0.456 e. The Hall–Kier alpha value is -8.34. The SMILES string of the molecule is c1ccc(-c2ccc(-c3ccc(-c4nc(-c5ccccc5)cc(-c5ccc(-c6ccc(-c7ccc8oc9ccccc9c8c7)c7c6oc6ccccc67)cc5)n4)cc3)cc2)cc1. The second-order valence-corrected chi connectivity index (χ2v) is 15.7. The molecule has 0 atom stereocenters. The standard InChI is InChI=1S/C58H36N2O2/c1-3-11-37(12-4-1)38-19-21-39(22-20-38)40-23-29-44(30-24-40)58-59-51(42-13-5-2-6-14-42)36-52(60-58)43-27-25-41(26-28-43)47-33-32-46(56-49-16-8-10-18-54(49)62-57(47)56)45-31-34-55-50(35-45)48-15-7-9-17-53(48)61-55/h1-36H. The van der Waals surface area contributed by atoms with Crippen LogP contribution in [0, 0.1) is 0 Å². The van der Waals surface area contributed by atoms with Gasteiger partial charge >= 0.3 is 0 Å². The highest BCUT2D eigenvalue weighted by molar-refractivity contribution is 6.17. The summed E-state index contributed by atoms with van der Waals surface area (Å²) < 4.78 is 12.9. The number of benzene rings is 9. The van der Waals surface area contributed by atoms with Gasteiger partial charge < -0.3 is 8.83 Å². The summed E-state index contributed by atoms with van der Waals surface area (Å²) >= 11 is 0. The number of nitrogens with zero attached hydrogens (tertiary/aromatic N) is 2. The summed E-state index contributed by atoms with van der Waals surface area (Å²) in [7, 11) is 0. The molecule has 0 saturated heterocycles. The van der Waals surface area contributed by atoms with Crippen LogP contribution in [-0.4, -0.2) is 9.97 Å². The lowest BCUT2D eigenvalue weighted by molar-refractivity contribution is 0.669. The van der Waals surface area contributed by atoms with E-state index in [0.29, 0.717) is 5.82 Å². The van der Waals surface area contributed by atoms with Gasteiger partial charge in [0.15, 0.2) is 5.82 Å². The Balaban J connectivity index is 0.908. The maximum absolute atomic E-state index is 6.71. The van der Waals surface area contributed by atoms with Gasteiger partial charge in [0, 0.05) is 43.8 Å². The number of aromatic nitrogens is 2. The normalized spacial score (nSPS) is 11.5. The molecule has 12 aromatic rings. The van der Waals surface area contributed by atoms with Crippen LogP contribution in [0.4, 0.5) is 0 Å². The van der Waals surface area contributed by atoms with Crippen LogP contribution in [0.25, 0.3) is 122 Å². The topological polar surface area (TPSA) is 52.1 Å². The monoisotopic (exact) mass is 792 g/mol. The van der Waals surface area contributed by atoms with E-state index in [4.69, 9.17) is 18.8 Å². The Morgan fingerprint density at radius 2 is 0.726 bits per heavy atom. The molecule has 0 amide bonds. The van der Waals surface area contributed by atoms with Gasteiger partial charge in [-0.3, -0.25) is 0 Å². The third-order valence-electron chi connectivity index (χ3n) is 12.0. The molecular formula is C58H36N2O2. The lowest BCUT2D eigenvalue weighted by Gasteiger charge is -2.11. The highest BCUT2D eigenvalue weighted by Crippen LogP contribution is 2.43. The van der Waals surface area contributed by atoms with E-state index in [0.717, 1.165) is 105 Å². The van der Waals surface area contributed by atoms with Crippen LogP contribution in [0.5, 0.6) is 0 Å². The van der Waals surface area contributed by atoms with Gasteiger partial charge in [-0.1, -0.05) is 182 Å². The van der Waals surface area contributed by atoms with E-state index in [9.17, 15) is 0 Å². The molecule has 12 rings (SSSR count). The van der Waals surface area contributed by atoms with Gasteiger partial charge in [-0.15, -0.1) is 0 Å². The van der Waals surface area contributed by atoms with Crippen LogP contribution in [0.1, 0.15) is 0 Å². The fourth-order valence-electron chi connectivity index (χ4n) is 8.79. The van der Waals surface area contributed by atoms with Gasteiger partial charge in [-0.2, -0.15) is 0 Å². The first-order valence-corrected chi connectivity index (χ1v) is 20.9. The van der Waals surface area contributed by atoms with Gasteiger partial charge in [-0.05, 0) is 75.3 Å². The average molecular weight is 793 g/mol. The fraction of sp³-hybridized carbons (Fsp3) is 0. The molecule has 62 heavy (non-hydrogen) atoms. The molecule has 3 heterocycles. The molecule has 0 bridgehead atoms. The van der Waals surface area contributed by atoms with Crippen LogP contribution in [0.15, 0.2) is 227 Å². The van der Waals surface area contributed by atoms with E-state index >= 15 is 0 Å². The summed E-state index contributed by atoms with van der Waals surface area (Å²) in [5, 5.41) is 4.39. The molecular weight excluding hydrogens is 757 g/mol. The first-order chi connectivity index (χ1) is 30.7. The Bertz CT molecular complexity index is 3590. The summed E-state index contributed by atoms with van der Waals surface area (Å²) in [5.74, 6) is 0.678. The number of hydrogen-bond donors (Lipinski definition) is 0. The van der Waals surface area contributed by atoms with Crippen LogP contribution < -0.4 is 0 Å². The molecule has 0 saturated carbocycles. The second-order valence-electron chi connectivity index (χ2n) is 15.7. The van der Waals surface area contributed by atoms with Crippen LogP contribution >= 0.6 is 0 Å². The number of furan rings is 2. The molecule has 0 aliphatic carbocycles. The largest absolute Gasteiger partial charge is 0.456 e. The van der Waals surface area contributed by atoms with Crippen molar-refractivity contribution >= 4 is 43.9 Å². The Morgan fingerprint density at radius 3 is 1.39 bits per heavy atom. The van der Waals surface area contributed by atoms with Crippen LogP contribution in [-0.2, 0) is 0 Å². The van der Waals surface area contributed by atoms with E-state index in [1.807, 2.05) is 48.5 Å². The molecule has 4 heteroatoms. The Morgan fingerprint density at radius 1 is 0.274 bits per heavy atom. The van der Waals surface area contributed by atoms with Crippen molar-refractivity contribution in [1.82, 2.24) is 9.97 Å². The number of fused-ring (bicyclic) bond motifs is 6. The summed E-state index contributed by atoms with van der Waals surface area (Å²) in [6.45, 7) is 0. The molecule has 9 aromatic carbocycles. The third kappa shape index (κ3) is 6.25. The van der Waals surface area contributed by atoms with Gasteiger partial charge in [-0.25, -0.2) is 9.97 Å². The zero-order chi connectivity index (χ0) is 41.0. The predicted octanol–water partition coefficient (Wildman–Crippen LogP) is 15.9. The summed E-state index contributed by atoms with van der Waals surface area (Å²) in [6.07, 6.45) is 0. The zero-order valence-electron chi connectivity index (χ0n) is 33.5. The Labute approximate surface area is 358 Å². The first-order valence-electron chi connectivity index (χ1n) is 20.9. The molecule has 0 fully saturated rings. The minimum atomic E-state index is 0.678. The van der Waals surface area contributed by atoms with E-state index < -0.39 is 0 Å². The van der Waals surface area contributed by atoms with Crippen molar-refractivity contribution in [1.29, 1.82) is 0 Å². The first kappa shape index (κ1) is 35.6. The lowest BCUT2D eigenvalue weighted by Crippen LogP contribution is -1.96. The quantitative estimate of drug-likeness (QED) is 0.161. The average Bonchev–Trinajstić information content (AvgIpc) is 3.93. The van der Waals surface area contributed by atoms with Gasteiger partial charge in [0.05, 0.1) is 11.4 Å². The fourth-order valence-corrected chi connectivity index (χ4v) is 8.79. The van der Waals surface area contributed by atoms with Crippen molar-refractivity contribution in [3.8, 4) is 78.4 Å². The van der Waals surface area contributed by atoms with Crippen molar-refractivity contribution in [3.63, 3.8) is 0 Å². The maximum atomic E-state index is 6.71. The summed E-state index contributed by atoms with van der Waals surface area (Å²) in [5.41, 5.74) is 17.3. The molecule has 3 aromatic heterocycles. The van der Waals surface area contributed by atoms with E-state index in [1.54, 1.807) is 0 Å². The molecule has 4 nitrogen and oxygen atoms in total.